The van der Waals surface area contributed by atoms with E-state index >= 15 is 0 Å². The Morgan fingerprint density at radius 2 is 2.21 bits per heavy atom. The first-order chi connectivity index (χ1) is 8.97. The lowest BCUT2D eigenvalue weighted by atomic mass is 9.77. The molecule has 6 heteroatoms. The van der Waals surface area contributed by atoms with Gasteiger partial charge in [0.2, 0.25) is 0 Å². The van der Waals surface area contributed by atoms with Crippen LogP contribution in [0.15, 0.2) is 11.0 Å². The zero-order valence-electron chi connectivity index (χ0n) is 11.3. The number of anilines is 1. The molecular formula is C13H20ClN3O2. The number of nitrogens with zero attached hydrogens (tertiary/aromatic N) is 2. The van der Waals surface area contributed by atoms with Gasteiger partial charge in [0.05, 0.1) is 24.0 Å². The van der Waals surface area contributed by atoms with E-state index < -0.39 is 0 Å². The van der Waals surface area contributed by atoms with Gasteiger partial charge in [0.1, 0.15) is 5.02 Å². The molecule has 106 valence electrons. The minimum absolute atomic E-state index is 0.0330. The van der Waals surface area contributed by atoms with E-state index in [4.69, 9.17) is 11.6 Å². The number of rotatable bonds is 3. The van der Waals surface area contributed by atoms with E-state index in [-0.39, 0.29) is 22.7 Å². The summed E-state index contributed by atoms with van der Waals surface area (Å²) in [6.45, 7) is 2.25. The Kier molecular flexibility index (Phi) is 4.16. The first kappa shape index (κ1) is 14.3. The fraction of sp³-hybridized carbons (Fsp3) is 0.692. The quantitative estimate of drug-likeness (QED) is 0.888. The van der Waals surface area contributed by atoms with Gasteiger partial charge in [-0.25, -0.2) is 4.68 Å². The molecule has 19 heavy (non-hydrogen) atoms. The summed E-state index contributed by atoms with van der Waals surface area (Å²) in [5.74, 6) is 0.679. The summed E-state index contributed by atoms with van der Waals surface area (Å²) in [6, 6.07) is 0. The smallest absolute Gasteiger partial charge is 0.287 e. The van der Waals surface area contributed by atoms with Crippen molar-refractivity contribution in [2.24, 2.45) is 13.0 Å². The molecule has 1 aliphatic carbocycles. The van der Waals surface area contributed by atoms with Crippen molar-refractivity contribution in [3.8, 4) is 0 Å². The third-order valence-electron chi connectivity index (χ3n) is 4.01. The van der Waals surface area contributed by atoms with Crippen LogP contribution in [0, 0.1) is 5.92 Å². The second kappa shape index (κ2) is 5.51. The van der Waals surface area contributed by atoms with Crippen LogP contribution in [0.2, 0.25) is 5.02 Å². The molecule has 0 atom stereocenters. The molecule has 0 aliphatic heterocycles. The summed E-state index contributed by atoms with van der Waals surface area (Å²) in [4.78, 5) is 11.7. The third kappa shape index (κ3) is 2.92. The van der Waals surface area contributed by atoms with Crippen molar-refractivity contribution in [3.05, 3.63) is 21.6 Å². The van der Waals surface area contributed by atoms with Crippen LogP contribution in [0.3, 0.4) is 0 Å². The Labute approximate surface area is 117 Å². The third-order valence-corrected chi connectivity index (χ3v) is 4.38. The summed E-state index contributed by atoms with van der Waals surface area (Å²) < 4.78 is 1.20. The summed E-state index contributed by atoms with van der Waals surface area (Å²) in [7, 11) is 1.56. The first-order valence-electron chi connectivity index (χ1n) is 6.58. The fourth-order valence-electron chi connectivity index (χ4n) is 2.52. The van der Waals surface area contributed by atoms with Crippen LogP contribution in [0.25, 0.3) is 0 Å². The van der Waals surface area contributed by atoms with Crippen LogP contribution in [0.1, 0.15) is 32.6 Å². The normalized spacial score (nSPS) is 27.3. The standard InChI is InChI=1S/C13H20ClN3O2/c1-9-3-5-13(8-18,6-4-9)16-10-7-15-17(2)12(19)11(10)14/h7,9,16,18H,3-6,8H2,1-2H3. The molecule has 0 aromatic carbocycles. The van der Waals surface area contributed by atoms with Crippen molar-refractivity contribution < 1.29 is 5.11 Å². The predicted octanol–water partition coefficient (Wildman–Crippen LogP) is 1.79. The van der Waals surface area contributed by atoms with Gasteiger partial charge in [0.25, 0.3) is 5.56 Å². The van der Waals surface area contributed by atoms with Crippen molar-refractivity contribution in [1.82, 2.24) is 9.78 Å². The molecule has 0 amide bonds. The highest BCUT2D eigenvalue weighted by Gasteiger charge is 2.34. The maximum atomic E-state index is 11.7. The number of aliphatic hydroxyl groups is 1. The Morgan fingerprint density at radius 1 is 1.58 bits per heavy atom. The molecule has 1 aliphatic rings. The topological polar surface area (TPSA) is 67.2 Å². The highest BCUT2D eigenvalue weighted by molar-refractivity contribution is 6.32. The Morgan fingerprint density at radius 3 is 2.79 bits per heavy atom. The molecule has 5 nitrogen and oxygen atoms in total. The van der Waals surface area contributed by atoms with Crippen LogP contribution in [-0.2, 0) is 7.05 Å². The number of aryl methyl sites for hydroxylation is 1. The van der Waals surface area contributed by atoms with Gasteiger partial charge in [-0.15, -0.1) is 0 Å². The van der Waals surface area contributed by atoms with Crippen molar-refractivity contribution in [1.29, 1.82) is 0 Å². The molecule has 2 N–H and O–H groups in total. The van der Waals surface area contributed by atoms with Crippen LogP contribution in [0.5, 0.6) is 0 Å². The van der Waals surface area contributed by atoms with Crippen molar-refractivity contribution >= 4 is 17.3 Å². The molecule has 1 aromatic heterocycles. The van der Waals surface area contributed by atoms with Gasteiger partial charge in [0.15, 0.2) is 0 Å². The Hall–Kier alpha value is -1.07. The van der Waals surface area contributed by atoms with Gasteiger partial charge in [-0.05, 0) is 31.6 Å². The summed E-state index contributed by atoms with van der Waals surface area (Å²) in [6.07, 6.45) is 5.40. The van der Waals surface area contributed by atoms with E-state index in [1.54, 1.807) is 13.2 Å². The largest absolute Gasteiger partial charge is 0.394 e. The molecule has 0 radical (unpaired) electrons. The van der Waals surface area contributed by atoms with Crippen LogP contribution >= 0.6 is 11.6 Å². The number of halogens is 1. The number of nitrogens with one attached hydrogen (secondary N) is 1. The molecule has 2 rings (SSSR count). The van der Waals surface area contributed by atoms with Crippen LogP contribution < -0.4 is 10.9 Å². The zero-order chi connectivity index (χ0) is 14.0. The lowest BCUT2D eigenvalue weighted by molar-refractivity contribution is 0.155. The summed E-state index contributed by atoms with van der Waals surface area (Å²) in [5, 5.41) is 17.0. The van der Waals surface area contributed by atoms with Gasteiger partial charge < -0.3 is 10.4 Å². The monoisotopic (exact) mass is 285 g/mol. The van der Waals surface area contributed by atoms with Crippen LogP contribution in [-0.4, -0.2) is 27.0 Å². The number of hydrogen-bond donors (Lipinski definition) is 2. The minimum atomic E-state index is -0.385. The average Bonchev–Trinajstić information content (AvgIpc) is 2.42. The average molecular weight is 286 g/mol. The van der Waals surface area contributed by atoms with Gasteiger partial charge in [0, 0.05) is 7.05 Å². The highest BCUT2D eigenvalue weighted by Crippen LogP contribution is 2.35. The number of hydrogen-bond acceptors (Lipinski definition) is 4. The molecule has 0 saturated heterocycles. The molecule has 0 bridgehead atoms. The molecule has 1 fully saturated rings. The molecular weight excluding hydrogens is 266 g/mol. The van der Waals surface area contributed by atoms with Gasteiger partial charge in [-0.2, -0.15) is 5.10 Å². The van der Waals surface area contributed by atoms with Crippen LogP contribution in [0.4, 0.5) is 5.69 Å². The van der Waals surface area contributed by atoms with E-state index in [2.05, 4.69) is 17.3 Å². The summed E-state index contributed by atoms with van der Waals surface area (Å²) >= 11 is 6.05. The van der Waals surface area contributed by atoms with Crippen molar-refractivity contribution in [2.75, 3.05) is 11.9 Å². The van der Waals surface area contributed by atoms with Gasteiger partial charge >= 0.3 is 0 Å². The zero-order valence-corrected chi connectivity index (χ0v) is 12.1. The molecule has 1 heterocycles. The lowest BCUT2D eigenvalue weighted by Gasteiger charge is -2.39. The fourth-order valence-corrected chi connectivity index (χ4v) is 2.74. The van der Waals surface area contributed by atoms with Gasteiger partial charge in [-0.1, -0.05) is 18.5 Å². The van der Waals surface area contributed by atoms with Crippen molar-refractivity contribution in [2.45, 2.75) is 38.1 Å². The van der Waals surface area contributed by atoms with Crippen molar-refractivity contribution in [3.63, 3.8) is 0 Å². The maximum absolute atomic E-state index is 11.7. The summed E-state index contributed by atoms with van der Waals surface area (Å²) in [5.41, 5.74) is -0.207. The van der Waals surface area contributed by atoms with E-state index in [0.717, 1.165) is 25.7 Å². The lowest BCUT2D eigenvalue weighted by Crippen LogP contribution is -2.45. The number of aromatic nitrogens is 2. The SMILES string of the molecule is CC1CCC(CO)(Nc2cnn(C)c(=O)c2Cl)CC1. The van der Waals surface area contributed by atoms with E-state index in [9.17, 15) is 9.90 Å². The molecule has 0 unspecified atom stereocenters. The second-order valence-corrected chi connectivity index (χ2v) is 5.92. The highest BCUT2D eigenvalue weighted by atomic mass is 35.5. The van der Waals surface area contributed by atoms with Gasteiger partial charge in [-0.3, -0.25) is 4.79 Å². The predicted molar refractivity (Wildman–Crippen MR) is 75.6 cm³/mol. The van der Waals surface area contributed by atoms with E-state index in [1.807, 2.05) is 0 Å². The first-order valence-corrected chi connectivity index (χ1v) is 6.96. The molecule has 1 saturated carbocycles. The number of aliphatic hydroxyl groups excluding tert-OH is 1. The Bertz CT molecular complexity index is 507. The van der Waals surface area contributed by atoms with E-state index in [0.29, 0.717) is 11.6 Å². The molecule has 1 aromatic rings. The second-order valence-electron chi connectivity index (χ2n) is 5.55. The minimum Gasteiger partial charge on any atom is -0.394 e. The Balaban J connectivity index is 2.24. The molecule has 0 spiro atoms. The maximum Gasteiger partial charge on any atom is 0.287 e. The van der Waals surface area contributed by atoms with E-state index in [1.165, 1.54) is 4.68 Å².